The van der Waals surface area contributed by atoms with E-state index in [2.05, 4.69) is 66.3 Å². The number of carbonyl (C=O) groups is 1. The maximum Gasteiger partial charge on any atom is 0.230 e. The Kier molecular flexibility index (Phi) is 12.9. The van der Waals surface area contributed by atoms with Gasteiger partial charge in [-0.3, -0.25) is 9.10 Å². The highest BCUT2D eigenvalue weighted by Crippen LogP contribution is 2.54. The van der Waals surface area contributed by atoms with Crippen molar-refractivity contribution in [1.82, 2.24) is 9.21 Å². The van der Waals surface area contributed by atoms with Crippen LogP contribution in [0.3, 0.4) is 0 Å². The summed E-state index contributed by atoms with van der Waals surface area (Å²) in [6, 6.07) is 24.0. The molecule has 2 fully saturated rings. The van der Waals surface area contributed by atoms with Gasteiger partial charge in [0.25, 0.3) is 0 Å². The maximum absolute atomic E-state index is 15.4. The fraction of sp³-hybridized carbons (Fsp3) is 0.450. The van der Waals surface area contributed by atoms with E-state index >= 15 is 4.79 Å². The largest absolute Gasteiger partial charge is 0.497 e. The molecule has 1 aliphatic heterocycles. The topological polar surface area (TPSA) is 42.0 Å². The minimum atomic E-state index is -0.682. The molecular formula is C40H50Cl2N2O3S. The minimum Gasteiger partial charge on any atom is -0.497 e. The van der Waals surface area contributed by atoms with E-state index in [1.54, 1.807) is 7.11 Å². The molecule has 1 saturated heterocycles. The van der Waals surface area contributed by atoms with E-state index in [9.17, 15) is 0 Å². The van der Waals surface area contributed by atoms with Gasteiger partial charge in [-0.1, -0.05) is 72.6 Å². The van der Waals surface area contributed by atoms with Crippen LogP contribution in [-0.4, -0.2) is 59.1 Å². The van der Waals surface area contributed by atoms with Gasteiger partial charge in [0.05, 0.1) is 25.2 Å². The van der Waals surface area contributed by atoms with Crippen LogP contribution >= 0.6 is 33.9 Å². The van der Waals surface area contributed by atoms with Crippen molar-refractivity contribution in [2.75, 3.05) is 27.3 Å². The van der Waals surface area contributed by atoms with E-state index in [0.29, 0.717) is 42.5 Å². The molecule has 0 N–H and O–H groups in total. The van der Waals surface area contributed by atoms with E-state index in [4.69, 9.17) is 32.7 Å². The van der Waals surface area contributed by atoms with Crippen LogP contribution in [0, 0.1) is 5.41 Å². The number of benzene rings is 3. The molecule has 3 aromatic rings. The molecule has 8 heteroatoms. The number of hydrogen-bond acceptors (Lipinski definition) is 4. The van der Waals surface area contributed by atoms with Crippen molar-refractivity contribution in [3.63, 3.8) is 0 Å². The van der Waals surface area contributed by atoms with Crippen LogP contribution < -0.4 is 4.74 Å². The zero-order valence-electron chi connectivity index (χ0n) is 28.7. The van der Waals surface area contributed by atoms with E-state index < -0.39 is 5.41 Å². The molecule has 3 aromatic carbocycles. The van der Waals surface area contributed by atoms with Gasteiger partial charge in [-0.15, -0.1) is 17.2 Å². The molecule has 0 spiro atoms. The third kappa shape index (κ3) is 8.57. The monoisotopic (exact) mass is 708 g/mol. The average molecular weight is 710 g/mol. The Hall–Kier alpha value is -2.61. The molecule has 0 radical (unpaired) electrons. The Balaban J connectivity index is 1.54. The Morgan fingerprint density at radius 1 is 1.06 bits per heavy atom. The first-order chi connectivity index (χ1) is 23.2. The summed E-state index contributed by atoms with van der Waals surface area (Å²) in [5, 5.41) is 4.46. The van der Waals surface area contributed by atoms with Crippen molar-refractivity contribution in [1.29, 1.82) is 0 Å². The summed E-state index contributed by atoms with van der Waals surface area (Å²) in [4.78, 5) is 17.6. The van der Waals surface area contributed by atoms with Gasteiger partial charge in [0.1, 0.15) is 5.75 Å². The molecule has 5 rings (SSSR count). The Bertz CT molecular complexity index is 1560. The molecular weight excluding hydrogens is 659 g/mol. The molecule has 1 saturated carbocycles. The molecule has 2 unspecified atom stereocenters. The van der Waals surface area contributed by atoms with Gasteiger partial charge in [0, 0.05) is 40.4 Å². The molecule has 1 heterocycles. The highest BCUT2D eigenvalue weighted by Gasteiger charge is 2.53. The zero-order chi connectivity index (χ0) is 34.3. The number of rotatable bonds is 16. The summed E-state index contributed by atoms with van der Waals surface area (Å²) in [5.41, 5.74) is 2.61. The highest BCUT2D eigenvalue weighted by atomic mass is 35.5. The smallest absolute Gasteiger partial charge is 0.230 e. The van der Waals surface area contributed by atoms with Gasteiger partial charge >= 0.3 is 0 Å². The van der Waals surface area contributed by atoms with E-state index in [-0.39, 0.29) is 34.6 Å². The minimum absolute atomic E-state index is 0.00267. The number of amides is 1. The molecule has 2 aliphatic rings. The second-order valence-electron chi connectivity index (χ2n) is 13.2. The van der Waals surface area contributed by atoms with Gasteiger partial charge in [0.2, 0.25) is 5.91 Å². The lowest BCUT2D eigenvalue weighted by molar-refractivity contribution is -0.158. The lowest BCUT2D eigenvalue weighted by Gasteiger charge is -2.53. The molecule has 1 amide bonds. The van der Waals surface area contributed by atoms with Gasteiger partial charge < -0.3 is 14.4 Å². The number of piperidine rings is 1. The van der Waals surface area contributed by atoms with Crippen molar-refractivity contribution in [3.05, 3.63) is 112 Å². The number of carbonyl (C=O) groups excluding carboxylic acids is 1. The Morgan fingerprint density at radius 2 is 1.79 bits per heavy atom. The SMILES string of the molecule is C=CC[C@]1(CCOCc2ccc(OC)cc2)C[C@H](c2cccc(Cl)c2)[C@@H](c2ccc(Cl)cc2)N(C(CC)CN(C)/S(=C\C)C2CC2)C1=O. The fourth-order valence-corrected chi connectivity index (χ4v) is 9.91. The van der Waals surface area contributed by atoms with Crippen LogP contribution in [0.5, 0.6) is 5.75 Å². The number of likely N-dealkylation sites (tertiary alicyclic amines) is 1. The maximum atomic E-state index is 15.4. The predicted molar refractivity (Wildman–Crippen MR) is 203 cm³/mol. The molecule has 0 aromatic heterocycles. The number of likely N-dealkylation sites (N-methyl/N-ethyl adjacent to an activating group) is 1. The lowest BCUT2D eigenvalue weighted by atomic mass is 9.64. The summed E-state index contributed by atoms with van der Waals surface area (Å²) < 4.78 is 14.1. The third-order valence-corrected chi connectivity index (χ3v) is 12.9. The molecule has 5 nitrogen and oxygen atoms in total. The fourth-order valence-electron chi connectivity index (χ4n) is 7.37. The third-order valence-electron chi connectivity index (χ3n) is 9.96. The van der Waals surface area contributed by atoms with E-state index in [0.717, 1.165) is 40.7 Å². The van der Waals surface area contributed by atoms with E-state index in [1.807, 2.05) is 54.6 Å². The molecule has 0 bridgehead atoms. The first-order valence-electron chi connectivity index (χ1n) is 17.1. The summed E-state index contributed by atoms with van der Waals surface area (Å²) in [6.45, 7) is 10.3. The summed E-state index contributed by atoms with van der Waals surface area (Å²) in [7, 11) is 3.98. The van der Waals surface area contributed by atoms with Gasteiger partial charge in [-0.05, 0) is 111 Å². The predicted octanol–water partition coefficient (Wildman–Crippen LogP) is 10.1. The summed E-state index contributed by atoms with van der Waals surface area (Å²) >= 11 is 13.1. The number of nitrogens with zero attached hydrogens (tertiary/aromatic N) is 2. The zero-order valence-corrected chi connectivity index (χ0v) is 31.1. The number of hydrogen-bond donors (Lipinski definition) is 0. The van der Waals surface area contributed by atoms with Gasteiger partial charge in [-0.25, -0.2) is 0 Å². The van der Waals surface area contributed by atoms with Crippen molar-refractivity contribution in [2.24, 2.45) is 5.41 Å². The lowest BCUT2D eigenvalue weighted by Crippen LogP contribution is -2.58. The second-order valence-corrected chi connectivity index (χ2v) is 16.5. The summed E-state index contributed by atoms with van der Waals surface area (Å²) in [5.74, 6) is 0.999. The van der Waals surface area contributed by atoms with E-state index in [1.165, 1.54) is 12.8 Å². The standard InChI is InChI=1S/C40H50Cl2N2O3S/c1-6-22-40(23-24-47-28-29-12-18-35(46-5)19-13-29)26-37(31-10-9-11-33(42)25-31)38(30-14-16-32(41)17-15-30)44(39(40)45)34(7-2)27-43(4)48(8-3)36-20-21-36/h6,8-19,25,34,36-38H,1,7,20-24,26-28H2,2-5H3/t34?,37-,38-,40+,48?/m1/s1. The molecule has 5 atom stereocenters. The van der Waals surface area contributed by atoms with Gasteiger partial charge in [0.15, 0.2) is 0 Å². The van der Waals surface area contributed by atoms with Crippen LogP contribution in [0.1, 0.15) is 81.0 Å². The average Bonchev–Trinajstić information content (AvgIpc) is 3.93. The first-order valence-corrected chi connectivity index (χ1v) is 19.2. The van der Waals surface area contributed by atoms with Crippen molar-refractivity contribution in [2.45, 2.75) is 82.2 Å². The van der Waals surface area contributed by atoms with Crippen LogP contribution in [0.25, 0.3) is 0 Å². The van der Waals surface area contributed by atoms with Crippen molar-refractivity contribution in [3.8, 4) is 5.75 Å². The van der Waals surface area contributed by atoms with Crippen LogP contribution in [-0.2, 0) is 16.1 Å². The first kappa shape index (κ1) is 36.7. The van der Waals surface area contributed by atoms with Gasteiger partial charge in [-0.2, -0.15) is 0 Å². The molecule has 1 aliphatic carbocycles. The Labute approximate surface area is 300 Å². The molecule has 258 valence electrons. The summed E-state index contributed by atoms with van der Waals surface area (Å²) in [6.07, 6.45) is 7.14. The van der Waals surface area contributed by atoms with Crippen molar-refractivity contribution < 1.29 is 14.3 Å². The normalized spacial score (nSPS) is 22.6. The van der Waals surface area contributed by atoms with Crippen molar-refractivity contribution >= 4 is 45.1 Å². The number of ether oxygens (including phenoxy) is 2. The Morgan fingerprint density at radius 3 is 2.40 bits per heavy atom. The van der Waals surface area contributed by atoms with Crippen LogP contribution in [0.4, 0.5) is 0 Å². The number of allylic oxidation sites excluding steroid dienone is 1. The highest BCUT2D eigenvalue weighted by molar-refractivity contribution is 8.13. The quantitative estimate of drug-likeness (QED) is 0.0844. The van der Waals surface area contributed by atoms with Crippen LogP contribution in [0.2, 0.25) is 10.0 Å². The molecule has 48 heavy (non-hydrogen) atoms. The van der Waals surface area contributed by atoms with Crippen LogP contribution in [0.15, 0.2) is 85.5 Å². The second kappa shape index (κ2) is 16.9. The number of methoxy groups -OCH3 is 1. The number of halogens is 2.